The van der Waals surface area contributed by atoms with Gasteiger partial charge in [-0.3, -0.25) is 0 Å². The molecular formula is C51H32N2S2. The Morgan fingerprint density at radius 3 is 1.69 bits per heavy atom. The SMILES string of the molecule is c1ccc(-c2ccccc2-c2ccc(N(c3cccc(-c4nc5c6ccccc6c6ccccc6c5s4)c3)c3ccc4sc5ccccc5c4c3)cc2)cc1. The number of hydrogen-bond donors (Lipinski definition) is 0. The summed E-state index contributed by atoms with van der Waals surface area (Å²) >= 11 is 3.63. The average molecular weight is 737 g/mol. The van der Waals surface area contributed by atoms with Gasteiger partial charge in [0.1, 0.15) is 5.01 Å². The molecule has 0 aliphatic carbocycles. The lowest BCUT2D eigenvalue weighted by Crippen LogP contribution is -2.10. The Kier molecular flexibility index (Phi) is 7.58. The van der Waals surface area contributed by atoms with Crippen molar-refractivity contribution in [3.05, 3.63) is 194 Å². The lowest BCUT2D eigenvalue weighted by atomic mass is 9.94. The van der Waals surface area contributed by atoms with Gasteiger partial charge >= 0.3 is 0 Å². The molecular weight excluding hydrogens is 705 g/mol. The standard InChI is InChI=1S/C51H32N2S2/c1-2-13-33(14-3-1)39-17-4-5-18-40(39)34-25-27-36(28-26-34)53(38-29-30-48-46(32-38)43-21-10-11-24-47(43)54-48)37-16-12-15-35(31-37)51-52-49-44-22-8-6-19-41(44)42-20-7-9-23-45(42)50(49)55-51/h1-32H. The monoisotopic (exact) mass is 736 g/mol. The van der Waals surface area contributed by atoms with Gasteiger partial charge in [0.25, 0.3) is 0 Å². The van der Waals surface area contributed by atoms with Gasteiger partial charge in [0, 0.05) is 53.6 Å². The molecule has 0 radical (unpaired) electrons. The van der Waals surface area contributed by atoms with Crippen LogP contribution in [0, 0.1) is 0 Å². The third-order valence-electron chi connectivity index (χ3n) is 10.7. The van der Waals surface area contributed by atoms with E-state index in [9.17, 15) is 0 Å². The molecule has 258 valence electrons. The molecule has 11 aromatic rings. The molecule has 0 saturated heterocycles. The van der Waals surface area contributed by atoms with E-state index >= 15 is 0 Å². The largest absolute Gasteiger partial charge is 0.310 e. The summed E-state index contributed by atoms with van der Waals surface area (Å²) in [5, 5.41) is 8.55. The molecule has 0 spiro atoms. The maximum Gasteiger partial charge on any atom is 0.124 e. The minimum Gasteiger partial charge on any atom is -0.310 e. The lowest BCUT2D eigenvalue weighted by Gasteiger charge is -2.26. The molecule has 0 saturated carbocycles. The van der Waals surface area contributed by atoms with Gasteiger partial charge in [-0.05, 0) is 81.6 Å². The smallest absolute Gasteiger partial charge is 0.124 e. The van der Waals surface area contributed by atoms with E-state index in [-0.39, 0.29) is 0 Å². The normalized spacial score (nSPS) is 11.6. The summed E-state index contributed by atoms with van der Waals surface area (Å²) in [6, 6.07) is 70.3. The molecule has 0 N–H and O–H groups in total. The van der Waals surface area contributed by atoms with E-state index in [4.69, 9.17) is 4.98 Å². The first-order valence-electron chi connectivity index (χ1n) is 18.5. The molecule has 2 aromatic heterocycles. The van der Waals surface area contributed by atoms with Crippen molar-refractivity contribution in [3.63, 3.8) is 0 Å². The van der Waals surface area contributed by atoms with E-state index in [1.807, 2.05) is 11.3 Å². The Bertz CT molecular complexity index is 3140. The molecule has 9 aromatic carbocycles. The van der Waals surface area contributed by atoms with Gasteiger partial charge in [-0.15, -0.1) is 22.7 Å². The second kappa shape index (κ2) is 13.1. The van der Waals surface area contributed by atoms with E-state index in [1.165, 1.54) is 68.7 Å². The third kappa shape index (κ3) is 5.41. The summed E-state index contributed by atoms with van der Waals surface area (Å²) in [6.45, 7) is 0. The fraction of sp³-hybridized carbons (Fsp3) is 0. The summed E-state index contributed by atoms with van der Waals surface area (Å²) < 4.78 is 3.83. The van der Waals surface area contributed by atoms with Crippen molar-refractivity contribution in [2.24, 2.45) is 0 Å². The van der Waals surface area contributed by atoms with Crippen LogP contribution in [0.2, 0.25) is 0 Å². The zero-order valence-electron chi connectivity index (χ0n) is 29.7. The summed E-state index contributed by atoms with van der Waals surface area (Å²) in [7, 11) is 0. The Morgan fingerprint density at radius 1 is 0.345 bits per heavy atom. The maximum atomic E-state index is 5.36. The average Bonchev–Trinajstić information content (AvgIpc) is 3.88. The van der Waals surface area contributed by atoms with Crippen molar-refractivity contribution in [2.75, 3.05) is 4.90 Å². The van der Waals surface area contributed by atoms with Crippen LogP contribution < -0.4 is 4.90 Å². The van der Waals surface area contributed by atoms with E-state index in [0.29, 0.717) is 0 Å². The molecule has 55 heavy (non-hydrogen) atoms. The fourth-order valence-corrected chi connectivity index (χ4v) is 10.3. The van der Waals surface area contributed by atoms with Gasteiger partial charge in [0.15, 0.2) is 0 Å². The Balaban J connectivity index is 1.07. The molecule has 0 unspecified atom stereocenters. The number of thiazole rings is 1. The number of hydrogen-bond acceptors (Lipinski definition) is 4. The molecule has 0 aliphatic heterocycles. The van der Waals surface area contributed by atoms with Crippen molar-refractivity contribution >= 4 is 91.7 Å². The Labute approximate surface area is 326 Å². The van der Waals surface area contributed by atoms with Crippen LogP contribution >= 0.6 is 22.7 Å². The van der Waals surface area contributed by atoms with Crippen LogP contribution in [0.3, 0.4) is 0 Å². The van der Waals surface area contributed by atoms with Crippen LogP contribution in [0.1, 0.15) is 0 Å². The second-order valence-corrected chi connectivity index (χ2v) is 16.0. The second-order valence-electron chi connectivity index (χ2n) is 13.9. The van der Waals surface area contributed by atoms with Crippen LogP contribution in [-0.2, 0) is 0 Å². The number of aromatic nitrogens is 1. The van der Waals surface area contributed by atoms with Gasteiger partial charge in [0.2, 0.25) is 0 Å². The van der Waals surface area contributed by atoms with Crippen LogP contribution in [-0.4, -0.2) is 4.98 Å². The predicted octanol–water partition coefficient (Wildman–Crippen LogP) is 15.4. The highest BCUT2D eigenvalue weighted by Crippen LogP contribution is 2.44. The lowest BCUT2D eigenvalue weighted by molar-refractivity contribution is 1.29. The van der Waals surface area contributed by atoms with Gasteiger partial charge in [-0.25, -0.2) is 4.98 Å². The van der Waals surface area contributed by atoms with E-state index in [2.05, 4.69) is 199 Å². The minimum absolute atomic E-state index is 1.02. The van der Waals surface area contributed by atoms with Crippen molar-refractivity contribution in [1.29, 1.82) is 0 Å². The van der Waals surface area contributed by atoms with Crippen molar-refractivity contribution < 1.29 is 0 Å². The molecule has 11 rings (SSSR count). The van der Waals surface area contributed by atoms with E-state index in [0.717, 1.165) is 33.1 Å². The molecule has 0 atom stereocenters. The minimum atomic E-state index is 1.02. The van der Waals surface area contributed by atoms with Crippen molar-refractivity contribution in [2.45, 2.75) is 0 Å². The molecule has 2 heterocycles. The third-order valence-corrected chi connectivity index (χ3v) is 13.0. The van der Waals surface area contributed by atoms with Crippen LogP contribution in [0.15, 0.2) is 194 Å². The van der Waals surface area contributed by atoms with E-state index < -0.39 is 0 Å². The topological polar surface area (TPSA) is 16.1 Å². The first-order valence-corrected chi connectivity index (χ1v) is 20.2. The number of rotatable bonds is 6. The van der Waals surface area contributed by atoms with Crippen LogP contribution in [0.25, 0.3) is 84.8 Å². The number of thiophene rings is 1. The summed E-state index contributed by atoms with van der Waals surface area (Å²) in [5.74, 6) is 0. The maximum absolute atomic E-state index is 5.36. The van der Waals surface area contributed by atoms with Gasteiger partial charge in [-0.1, -0.05) is 146 Å². The Morgan fingerprint density at radius 2 is 0.909 bits per heavy atom. The quantitative estimate of drug-likeness (QED) is 0.158. The summed E-state index contributed by atoms with van der Waals surface area (Å²) in [5.41, 5.74) is 10.3. The first kappa shape index (κ1) is 31.9. The zero-order chi connectivity index (χ0) is 36.3. The predicted molar refractivity (Wildman–Crippen MR) is 239 cm³/mol. The summed E-state index contributed by atoms with van der Waals surface area (Å²) in [4.78, 5) is 7.74. The highest BCUT2D eigenvalue weighted by molar-refractivity contribution is 7.25. The molecule has 0 fully saturated rings. The number of fused-ring (bicyclic) bond motifs is 9. The zero-order valence-corrected chi connectivity index (χ0v) is 31.3. The highest BCUT2D eigenvalue weighted by Gasteiger charge is 2.19. The molecule has 0 bridgehead atoms. The first-order chi connectivity index (χ1) is 27.3. The molecule has 4 heteroatoms. The molecule has 2 nitrogen and oxygen atoms in total. The van der Waals surface area contributed by atoms with Crippen molar-refractivity contribution in [3.8, 4) is 32.8 Å². The van der Waals surface area contributed by atoms with E-state index in [1.54, 1.807) is 11.3 Å². The van der Waals surface area contributed by atoms with Crippen LogP contribution in [0.5, 0.6) is 0 Å². The Hall–Kier alpha value is -6.59. The van der Waals surface area contributed by atoms with Gasteiger partial charge in [-0.2, -0.15) is 0 Å². The number of benzene rings is 9. The summed E-state index contributed by atoms with van der Waals surface area (Å²) in [6.07, 6.45) is 0. The van der Waals surface area contributed by atoms with Crippen LogP contribution in [0.4, 0.5) is 17.1 Å². The molecule has 0 aliphatic rings. The fourth-order valence-electron chi connectivity index (χ4n) is 8.12. The molecule has 0 amide bonds. The number of anilines is 3. The van der Waals surface area contributed by atoms with Gasteiger partial charge < -0.3 is 4.90 Å². The highest BCUT2D eigenvalue weighted by atomic mass is 32.1. The van der Waals surface area contributed by atoms with Gasteiger partial charge in [0.05, 0.1) is 10.2 Å². The number of nitrogens with zero attached hydrogens (tertiary/aromatic N) is 2. The van der Waals surface area contributed by atoms with Crippen molar-refractivity contribution in [1.82, 2.24) is 4.98 Å².